The van der Waals surface area contributed by atoms with Crippen molar-refractivity contribution in [1.82, 2.24) is 9.55 Å². The molecule has 0 saturated heterocycles. The van der Waals surface area contributed by atoms with Crippen LogP contribution in [0.4, 0.5) is 13.2 Å². The molecule has 2 aromatic rings. The van der Waals surface area contributed by atoms with E-state index in [1.165, 1.54) is 36.0 Å². The van der Waals surface area contributed by atoms with Crippen molar-refractivity contribution in [2.75, 3.05) is 0 Å². The van der Waals surface area contributed by atoms with Crippen LogP contribution in [0.1, 0.15) is 21.9 Å². The molecule has 112 valence electrons. The Morgan fingerprint density at radius 1 is 1.38 bits per heavy atom. The molecule has 8 heteroatoms. The van der Waals surface area contributed by atoms with Crippen LogP contribution < -0.4 is 4.74 Å². The first-order valence-electron chi connectivity index (χ1n) is 5.83. The van der Waals surface area contributed by atoms with Crippen LogP contribution in [-0.2, 0) is 19.8 Å². The molecular formula is C13H11F3N2O3. The molecule has 0 bridgehead atoms. The van der Waals surface area contributed by atoms with E-state index >= 15 is 0 Å². The van der Waals surface area contributed by atoms with Gasteiger partial charge in [-0.2, -0.15) is 13.2 Å². The maximum atomic E-state index is 12.8. The predicted octanol–water partition coefficient (Wildman–Crippen LogP) is 2.72. The molecule has 0 fully saturated rings. The first-order valence-corrected chi connectivity index (χ1v) is 5.83. The molecule has 0 aliphatic heterocycles. The number of benzene rings is 1. The summed E-state index contributed by atoms with van der Waals surface area (Å²) in [5.74, 6) is -1.76. The standard InChI is InChI=1S/C13H11F3N2O3/c1-18-6-8(17-11(18)12(19)20)7-21-10-5-3-2-4-9(10)13(14,15)16/h2-6H,7H2,1H3,(H,19,20). The molecule has 5 nitrogen and oxygen atoms in total. The average molecular weight is 300 g/mol. The lowest BCUT2D eigenvalue weighted by Crippen LogP contribution is -2.08. The quantitative estimate of drug-likeness (QED) is 0.943. The highest BCUT2D eigenvalue weighted by molar-refractivity contribution is 5.83. The average Bonchev–Trinajstić information content (AvgIpc) is 2.77. The van der Waals surface area contributed by atoms with Crippen molar-refractivity contribution >= 4 is 5.97 Å². The van der Waals surface area contributed by atoms with Crippen molar-refractivity contribution in [2.24, 2.45) is 7.05 Å². The zero-order valence-electron chi connectivity index (χ0n) is 10.9. The van der Waals surface area contributed by atoms with E-state index in [-0.39, 0.29) is 23.9 Å². The van der Waals surface area contributed by atoms with Crippen molar-refractivity contribution in [1.29, 1.82) is 0 Å². The third kappa shape index (κ3) is 3.33. The Morgan fingerprint density at radius 3 is 2.62 bits per heavy atom. The van der Waals surface area contributed by atoms with E-state index in [0.29, 0.717) is 0 Å². The first-order chi connectivity index (χ1) is 9.79. The number of carbonyl (C=O) groups is 1. The third-order valence-electron chi connectivity index (χ3n) is 2.69. The van der Waals surface area contributed by atoms with Gasteiger partial charge >= 0.3 is 12.1 Å². The fourth-order valence-corrected chi connectivity index (χ4v) is 1.78. The highest BCUT2D eigenvalue weighted by Crippen LogP contribution is 2.36. The maximum absolute atomic E-state index is 12.8. The van der Waals surface area contributed by atoms with Gasteiger partial charge in [0, 0.05) is 13.2 Å². The minimum atomic E-state index is -4.52. The topological polar surface area (TPSA) is 64.4 Å². The van der Waals surface area contributed by atoms with Gasteiger partial charge in [0.15, 0.2) is 0 Å². The van der Waals surface area contributed by atoms with E-state index in [2.05, 4.69) is 4.98 Å². The first kappa shape index (κ1) is 14.9. The van der Waals surface area contributed by atoms with Crippen LogP contribution in [-0.4, -0.2) is 20.6 Å². The molecule has 0 aliphatic rings. The van der Waals surface area contributed by atoms with Crippen molar-refractivity contribution in [3.63, 3.8) is 0 Å². The normalized spacial score (nSPS) is 11.4. The summed E-state index contributed by atoms with van der Waals surface area (Å²) in [4.78, 5) is 14.6. The number of alkyl halides is 3. The van der Waals surface area contributed by atoms with Crippen LogP contribution >= 0.6 is 0 Å². The van der Waals surface area contributed by atoms with E-state index < -0.39 is 17.7 Å². The Labute approximate surface area is 117 Å². The molecule has 0 aliphatic carbocycles. The minimum Gasteiger partial charge on any atom is -0.487 e. The number of nitrogens with zero attached hydrogens (tertiary/aromatic N) is 2. The molecule has 0 radical (unpaired) electrons. The van der Waals surface area contributed by atoms with Gasteiger partial charge in [-0.1, -0.05) is 12.1 Å². The lowest BCUT2D eigenvalue weighted by atomic mass is 10.2. The van der Waals surface area contributed by atoms with Gasteiger partial charge in [0.2, 0.25) is 5.82 Å². The number of ether oxygens (including phenoxy) is 1. The van der Waals surface area contributed by atoms with E-state index in [1.54, 1.807) is 0 Å². The lowest BCUT2D eigenvalue weighted by Gasteiger charge is -2.12. The summed E-state index contributed by atoms with van der Waals surface area (Å²) in [5.41, 5.74) is -0.661. The van der Waals surface area contributed by atoms with E-state index in [0.717, 1.165) is 6.07 Å². The molecular weight excluding hydrogens is 289 g/mol. The fraction of sp³-hybridized carbons (Fsp3) is 0.231. The summed E-state index contributed by atoms with van der Waals surface area (Å²) >= 11 is 0. The van der Waals surface area contributed by atoms with Crippen molar-refractivity contribution in [2.45, 2.75) is 12.8 Å². The Hall–Kier alpha value is -2.51. The van der Waals surface area contributed by atoms with Gasteiger partial charge in [-0.05, 0) is 12.1 Å². The van der Waals surface area contributed by atoms with Crippen LogP contribution in [0.5, 0.6) is 5.75 Å². The predicted molar refractivity (Wildman–Crippen MR) is 65.9 cm³/mol. The third-order valence-corrected chi connectivity index (χ3v) is 2.69. The molecule has 0 amide bonds. The number of aromatic carboxylic acids is 1. The highest BCUT2D eigenvalue weighted by Gasteiger charge is 2.34. The minimum absolute atomic E-state index is 0.210. The van der Waals surface area contributed by atoms with Gasteiger partial charge in [0.1, 0.15) is 12.4 Å². The molecule has 1 aromatic carbocycles. The van der Waals surface area contributed by atoms with Gasteiger partial charge in [0.25, 0.3) is 0 Å². The lowest BCUT2D eigenvalue weighted by molar-refractivity contribution is -0.139. The van der Waals surface area contributed by atoms with Crippen LogP contribution in [0.2, 0.25) is 0 Å². The largest absolute Gasteiger partial charge is 0.487 e. The number of carboxylic acids is 1. The zero-order valence-corrected chi connectivity index (χ0v) is 10.9. The second kappa shape index (κ2) is 5.47. The Morgan fingerprint density at radius 2 is 2.05 bits per heavy atom. The highest BCUT2D eigenvalue weighted by atomic mass is 19.4. The summed E-state index contributed by atoms with van der Waals surface area (Å²) in [7, 11) is 1.48. The van der Waals surface area contributed by atoms with E-state index in [1.807, 2.05) is 0 Å². The number of carboxylic acid groups (broad SMARTS) is 1. The number of para-hydroxylation sites is 1. The van der Waals surface area contributed by atoms with Crippen molar-refractivity contribution < 1.29 is 27.8 Å². The molecule has 1 N–H and O–H groups in total. The number of hydrogen-bond acceptors (Lipinski definition) is 3. The van der Waals surface area contributed by atoms with Crippen LogP contribution in [0.15, 0.2) is 30.5 Å². The van der Waals surface area contributed by atoms with Gasteiger partial charge in [0.05, 0.1) is 11.3 Å². The maximum Gasteiger partial charge on any atom is 0.419 e. The fourth-order valence-electron chi connectivity index (χ4n) is 1.78. The number of halogens is 3. The summed E-state index contributed by atoms with van der Waals surface area (Å²) in [5, 5.41) is 8.84. The molecule has 21 heavy (non-hydrogen) atoms. The van der Waals surface area contributed by atoms with Crippen molar-refractivity contribution in [3.05, 3.63) is 47.5 Å². The molecule has 1 heterocycles. The molecule has 1 aromatic heterocycles. The summed E-state index contributed by atoms with van der Waals surface area (Å²) in [6.07, 6.45) is -3.13. The van der Waals surface area contributed by atoms with Crippen molar-refractivity contribution in [3.8, 4) is 5.75 Å². The van der Waals surface area contributed by atoms with Gasteiger partial charge in [-0.25, -0.2) is 9.78 Å². The Kier molecular flexibility index (Phi) is 3.88. The van der Waals surface area contributed by atoms with Gasteiger partial charge < -0.3 is 14.4 Å². The smallest absolute Gasteiger partial charge is 0.419 e. The monoisotopic (exact) mass is 300 g/mol. The molecule has 0 unspecified atom stereocenters. The van der Waals surface area contributed by atoms with Crippen LogP contribution in [0.25, 0.3) is 0 Å². The number of aryl methyl sites for hydroxylation is 1. The molecule has 2 rings (SSSR count). The molecule has 0 atom stereocenters. The summed E-state index contributed by atoms with van der Waals surface area (Å²) in [6.45, 7) is -0.256. The number of rotatable bonds is 4. The number of hydrogen-bond donors (Lipinski definition) is 1. The number of aromatic nitrogens is 2. The number of imidazole rings is 1. The second-order valence-corrected chi connectivity index (χ2v) is 4.25. The zero-order chi connectivity index (χ0) is 15.6. The van der Waals surface area contributed by atoms with Gasteiger partial charge in [-0.3, -0.25) is 0 Å². The summed E-state index contributed by atoms with van der Waals surface area (Å²) in [6, 6.07) is 4.80. The molecule has 0 saturated carbocycles. The summed E-state index contributed by atoms with van der Waals surface area (Å²) < 4.78 is 44.7. The SMILES string of the molecule is Cn1cc(COc2ccccc2C(F)(F)F)nc1C(=O)O. The Bertz CT molecular complexity index is 665. The van der Waals surface area contributed by atoms with E-state index in [4.69, 9.17) is 9.84 Å². The molecule has 0 spiro atoms. The van der Waals surface area contributed by atoms with Gasteiger partial charge in [-0.15, -0.1) is 0 Å². The second-order valence-electron chi connectivity index (χ2n) is 4.25. The Balaban J connectivity index is 2.18. The van der Waals surface area contributed by atoms with E-state index in [9.17, 15) is 18.0 Å². The van der Waals surface area contributed by atoms with Crippen LogP contribution in [0, 0.1) is 0 Å². The van der Waals surface area contributed by atoms with Crippen LogP contribution in [0.3, 0.4) is 0 Å².